The molecule has 1 saturated heterocycles. The van der Waals surface area contributed by atoms with Crippen LogP contribution in [0.5, 0.6) is 0 Å². The van der Waals surface area contributed by atoms with Crippen LogP contribution in [-0.4, -0.2) is 35.1 Å². The Morgan fingerprint density at radius 1 is 1.53 bits per heavy atom. The van der Waals surface area contributed by atoms with Crippen molar-refractivity contribution in [3.8, 4) is 0 Å². The Kier molecular flexibility index (Phi) is 3.75. The van der Waals surface area contributed by atoms with E-state index < -0.39 is 0 Å². The molecular formula is C11H19N3O. The van der Waals surface area contributed by atoms with Crippen molar-refractivity contribution in [2.75, 3.05) is 13.2 Å². The molecule has 0 spiro atoms. The van der Waals surface area contributed by atoms with Gasteiger partial charge in [-0.2, -0.15) is 5.10 Å². The Morgan fingerprint density at radius 2 is 2.33 bits per heavy atom. The fourth-order valence-electron chi connectivity index (χ4n) is 2.01. The van der Waals surface area contributed by atoms with Crippen molar-refractivity contribution in [1.82, 2.24) is 15.1 Å². The van der Waals surface area contributed by atoms with Gasteiger partial charge in [-0.1, -0.05) is 0 Å². The van der Waals surface area contributed by atoms with Gasteiger partial charge in [0.05, 0.1) is 6.54 Å². The van der Waals surface area contributed by atoms with Gasteiger partial charge < -0.3 is 10.1 Å². The van der Waals surface area contributed by atoms with E-state index in [9.17, 15) is 0 Å². The molecule has 1 atom stereocenters. The maximum absolute atomic E-state index is 5.33. The highest BCUT2D eigenvalue weighted by Crippen LogP contribution is 2.07. The molecule has 0 bridgehead atoms. The minimum atomic E-state index is 0.466. The van der Waals surface area contributed by atoms with Crippen LogP contribution < -0.4 is 5.32 Å². The summed E-state index contributed by atoms with van der Waals surface area (Å²) in [5.41, 5.74) is 0. The zero-order valence-electron chi connectivity index (χ0n) is 9.22. The normalized spacial score (nSPS) is 20.3. The molecule has 1 unspecified atom stereocenters. The SMILES string of the molecule is CC(Cn1cccn1)NC1CCOCC1. The van der Waals surface area contributed by atoms with Crippen molar-refractivity contribution in [1.29, 1.82) is 0 Å². The van der Waals surface area contributed by atoms with Gasteiger partial charge in [-0.3, -0.25) is 4.68 Å². The van der Waals surface area contributed by atoms with Crippen LogP contribution in [0.2, 0.25) is 0 Å². The first-order chi connectivity index (χ1) is 7.34. The molecule has 1 aliphatic rings. The van der Waals surface area contributed by atoms with Gasteiger partial charge in [0.25, 0.3) is 0 Å². The highest BCUT2D eigenvalue weighted by atomic mass is 16.5. The minimum absolute atomic E-state index is 0.466. The van der Waals surface area contributed by atoms with Gasteiger partial charge in [-0.05, 0) is 25.8 Å². The molecule has 1 aromatic rings. The van der Waals surface area contributed by atoms with Crippen LogP contribution in [-0.2, 0) is 11.3 Å². The van der Waals surface area contributed by atoms with E-state index in [1.54, 1.807) is 0 Å². The number of aromatic nitrogens is 2. The van der Waals surface area contributed by atoms with Crippen LogP contribution in [0.4, 0.5) is 0 Å². The quantitative estimate of drug-likeness (QED) is 0.805. The first-order valence-electron chi connectivity index (χ1n) is 5.66. The van der Waals surface area contributed by atoms with Crippen molar-refractivity contribution >= 4 is 0 Å². The Morgan fingerprint density at radius 3 is 3.00 bits per heavy atom. The Balaban J connectivity index is 1.74. The van der Waals surface area contributed by atoms with Crippen LogP contribution in [0.15, 0.2) is 18.5 Å². The Bertz CT molecular complexity index is 267. The predicted molar refractivity (Wildman–Crippen MR) is 58.7 cm³/mol. The van der Waals surface area contributed by atoms with E-state index in [0.717, 1.165) is 32.6 Å². The van der Waals surface area contributed by atoms with Crippen LogP contribution in [0.25, 0.3) is 0 Å². The molecule has 2 rings (SSSR count). The minimum Gasteiger partial charge on any atom is -0.381 e. The fraction of sp³-hybridized carbons (Fsp3) is 0.727. The molecule has 84 valence electrons. The first kappa shape index (κ1) is 10.6. The van der Waals surface area contributed by atoms with Crippen molar-refractivity contribution in [2.45, 2.75) is 38.4 Å². The summed E-state index contributed by atoms with van der Waals surface area (Å²) in [5.74, 6) is 0. The van der Waals surface area contributed by atoms with Crippen molar-refractivity contribution in [2.24, 2.45) is 0 Å². The number of nitrogens with one attached hydrogen (secondary N) is 1. The van der Waals surface area contributed by atoms with E-state index >= 15 is 0 Å². The Labute approximate surface area is 90.6 Å². The van der Waals surface area contributed by atoms with E-state index in [-0.39, 0.29) is 0 Å². The second-order valence-corrected chi connectivity index (χ2v) is 4.18. The smallest absolute Gasteiger partial charge is 0.0560 e. The van der Waals surface area contributed by atoms with Gasteiger partial charge in [0.1, 0.15) is 0 Å². The van der Waals surface area contributed by atoms with Crippen LogP contribution in [0.1, 0.15) is 19.8 Å². The molecule has 0 radical (unpaired) electrons. The number of rotatable bonds is 4. The fourth-order valence-corrected chi connectivity index (χ4v) is 2.01. The maximum Gasteiger partial charge on any atom is 0.0560 e. The molecule has 1 aliphatic heterocycles. The average Bonchev–Trinajstić information content (AvgIpc) is 2.71. The van der Waals surface area contributed by atoms with E-state index in [0.29, 0.717) is 12.1 Å². The highest BCUT2D eigenvalue weighted by Gasteiger charge is 2.15. The maximum atomic E-state index is 5.33. The third-order valence-electron chi connectivity index (χ3n) is 2.76. The van der Waals surface area contributed by atoms with Gasteiger partial charge in [0.2, 0.25) is 0 Å². The molecule has 4 heteroatoms. The zero-order valence-corrected chi connectivity index (χ0v) is 9.22. The highest BCUT2D eigenvalue weighted by molar-refractivity contribution is 4.80. The second-order valence-electron chi connectivity index (χ2n) is 4.18. The first-order valence-corrected chi connectivity index (χ1v) is 5.66. The predicted octanol–water partition coefficient (Wildman–Crippen LogP) is 1.04. The third kappa shape index (κ3) is 3.32. The van der Waals surface area contributed by atoms with E-state index in [1.807, 2.05) is 23.1 Å². The van der Waals surface area contributed by atoms with Crippen LogP contribution in [0, 0.1) is 0 Å². The summed E-state index contributed by atoms with van der Waals surface area (Å²) in [6.45, 7) is 4.93. The molecule has 0 amide bonds. The van der Waals surface area contributed by atoms with Gasteiger partial charge >= 0.3 is 0 Å². The van der Waals surface area contributed by atoms with Crippen LogP contribution >= 0.6 is 0 Å². The average molecular weight is 209 g/mol. The largest absolute Gasteiger partial charge is 0.381 e. The number of hydrogen-bond acceptors (Lipinski definition) is 3. The number of hydrogen-bond donors (Lipinski definition) is 1. The second kappa shape index (κ2) is 5.28. The van der Waals surface area contributed by atoms with E-state index in [4.69, 9.17) is 4.74 Å². The summed E-state index contributed by atoms with van der Waals surface area (Å²) in [4.78, 5) is 0. The molecule has 4 nitrogen and oxygen atoms in total. The molecule has 0 aliphatic carbocycles. The lowest BCUT2D eigenvalue weighted by molar-refractivity contribution is 0.0747. The number of ether oxygens (including phenoxy) is 1. The molecule has 1 aromatic heterocycles. The lowest BCUT2D eigenvalue weighted by atomic mass is 10.1. The van der Waals surface area contributed by atoms with E-state index in [1.165, 1.54) is 0 Å². The van der Waals surface area contributed by atoms with Gasteiger partial charge in [-0.25, -0.2) is 0 Å². The van der Waals surface area contributed by atoms with Crippen molar-refractivity contribution in [3.05, 3.63) is 18.5 Å². The lowest BCUT2D eigenvalue weighted by Gasteiger charge is -2.26. The van der Waals surface area contributed by atoms with Gasteiger partial charge in [-0.15, -0.1) is 0 Å². The molecule has 15 heavy (non-hydrogen) atoms. The molecule has 1 fully saturated rings. The van der Waals surface area contributed by atoms with Gasteiger partial charge in [0.15, 0.2) is 0 Å². The summed E-state index contributed by atoms with van der Waals surface area (Å²) in [7, 11) is 0. The molecule has 1 N–H and O–H groups in total. The monoisotopic (exact) mass is 209 g/mol. The zero-order chi connectivity index (χ0) is 10.5. The Hall–Kier alpha value is -0.870. The molecule has 0 aromatic carbocycles. The topological polar surface area (TPSA) is 39.1 Å². The third-order valence-corrected chi connectivity index (χ3v) is 2.76. The summed E-state index contributed by atoms with van der Waals surface area (Å²) in [6.07, 6.45) is 6.08. The van der Waals surface area contributed by atoms with Crippen molar-refractivity contribution in [3.63, 3.8) is 0 Å². The summed E-state index contributed by atoms with van der Waals surface area (Å²) in [6, 6.07) is 3.04. The number of nitrogens with zero attached hydrogens (tertiary/aromatic N) is 2. The summed E-state index contributed by atoms with van der Waals surface area (Å²) >= 11 is 0. The molecular weight excluding hydrogens is 190 g/mol. The van der Waals surface area contributed by atoms with Gasteiger partial charge in [0, 0.05) is 37.7 Å². The standard InChI is InChI=1S/C11H19N3O/c1-10(9-14-6-2-5-12-14)13-11-3-7-15-8-4-11/h2,5-6,10-11,13H,3-4,7-9H2,1H3. The summed E-state index contributed by atoms with van der Waals surface area (Å²) in [5, 5.41) is 7.82. The van der Waals surface area contributed by atoms with E-state index in [2.05, 4.69) is 17.3 Å². The molecule has 0 saturated carbocycles. The van der Waals surface area contributed by atoms with Crippen molar-refractivity contribution < 1.29 is 4.74 Å². The molecule has 2 heterocycles. The van der Waals surface area contributed by atoms with Crippen LogP contribution in [0.3, 0.4) is 0 Å². The summed E-state index contributed by atoms with van der Waals surface area (Å²) < 4.78 is 7.30. The lowest BCUT2D eigenvalue weighted by Crippen LogP contribution is -2.42.